The molecule has 0 saturated heterocycles. The highest BCUT2D eigenvalue weighted by molar-refractivity contribution is 5.70. The van der Waals surface area contributed by atoms with Crippen molar-refractivity contribution in [1.29, 1.82) is 0 Å². The van der Waals surface area contributed by atoms with E-state index in [-0.39, 0.29) is 25.2 Å². The van der Waals surface area contributed by atoms with E-state index in [1.807, 2.05) is 0 Å². The summed E-state index contributed by atoms with van der Waals surface area (Å²) in [4.78, 5) is 25.4. The predicted molar refractivity (Wildman–Crippen MR) is 261 cm³/mol. The van der Waals surface area contributed by atoms with Gasteiger partial charge in [-0.25, -0.2) is 0 Å². The van der Waals surface area contributed by atoms with Crippen LogP contribution in [0.15, 0.2) is 36.5 Å². The lowest BCUT2D eigenvalue weighted by atomic mass is 10.0. The van der Waals surface area contributed by atoms with Gasteiger partial charge in [0.25, 0.3) is 0 Å². The van der Waals surface area contributed by atoms with Crippen molar-refractivity contribution in [2.45, 2.75) is 284 Å². The Balaban J connectivity index is 4.23. The smallest absolute Gasteiger partial charge is 0.306 e. The normalized spacial score (nSPS) is 12.4. The first-order valence-electron chi connectivity index (χ1n) is 26.5. The second-order valence-electron chi connectivity index (χ2n) is 17.8. The lowest BCUT2D eigenvalue weighted by Gasteiger charge is -2.18. The molecule has 0 aromatic rings. The van der Waals surface area contributed by atoms with Crippen LogP contribution in [0.4, 0.5) is 0 Å². The molecule has 0 aliphatic rings. The summed E-state index contributed by atoms with van der Waals surface area (Å²) in [7, 11) is 0. The Labute approximate surface area is 374 Å². The monoisotopic (exact) mass is 843 g/mol. The molecule has 0 N–H and O–H groups in total. The van der Waals surface area contributed by atoms with Crippen LogP contribution in [0.1, 0.15) is 278 Å². The molecule has 0 spiro atoms. The van der Waals surface area contributed by atoms with Gasteiger partial charge in [0.2, 0.25) is 0 Å². The van der Waals surface area contributed by atoms with Crippen molar-refractivity contribution < 1.29 is 23.8 Å². The van der Waals surface area contributed by atoms with Crippen LogP contribution >= 0.6 is 0 Å². The molecule has 60 heavy (non-hydrogen) atoms. The van der Waals surface area contributed by atoms with Gasteiger partial charge in [0.1, 0.15) is 6.61 Å². The zero-order valence-corrected chi connectivity index (χ0v) is 40.5. The maximum absolute atomic E-state index is 12.8. The van der Waals surface area contributed by atoms with Crippen molar-refractivity contribution in [3.8, 4) is 0 Å². The molecule has 1 atom stereocenters. The summed E-state index contributed by atoms with van der Waals surface area (Å²) in [6, 6.07) is 0. The third-order valence-electron chi connectivity index (χ3n) is 11.6. The molecule has 0 radical (unpaired) electrons. The van der Waals surface area contributed by atoms with Crippen LogP contribution < -0.4 is 0 Å². The maximum Gasteiger partial charge on any atom is 0.306 e. The van der Waals surface area contributed by atoms with Crippen molar-refractivity contribution in [2.24, 2.45) is 0 Å². The van der Waals surface area contributed by atoms with Crippen LogP contribution in [0.3, 0.4) is 0 Å². The number of hydrogen-bond donors (Lipinski definition) is 0. The van der Waals surface area contributed by atoms with E-state index in [0.717, 1.165) is 57.8 Å². The highest BCUT2D eigenvalue weighted by Crippen LogP contribution is 2.15. The summed E-state index contributed by atoms with van der Waals surface area (Å²) in [6.45, 7) is 7.78. The molecule has 0 amide bonds. The van der Waals surface area contributed by atoms with Crippen LogP contribution in [-0.2, 0) is 23.8 Å². The molecule has 1 unspecified atom stereocenters. The van der Waals surface area contributed by atoms with E-state index in [4.69, 9.17) is 14.2 Å². The van der Waals surface area contributed by atoms with E-state index in [0.29, 0.717) is 19.4 Å². The molecule has 0 bridgehead atoms. The van der Waals surface area contributed by atoms with Crippen LogP contribution in [0.5, 0.6) is 0 Å². The molecule has 0 aromatic heterocycles. The standard InChI is InChI=1S/C55H102O5/c1-4-7-10-13-16-19-22-25-26-27-28-29-32-35-38-41-44-47-50-58-51-53(60-55(57)49-46-43-40-37-34-31-24-21-18-15-12-9-6-3)52-59-54(56)48-45-42-39-36-33-30-23-20-17-14-11-8-5-2/h11,14,20,23,25-26,53H,4-10,12-13,15-19,21-22,24,27-52H2,1-3H3/b14-11-,23-20-,26-25-. The number of hydrogen-bond acceptors (Lipinski definition) is 5. The van der Waals surface area contributed by atoms with Gasteiger partial charge in [0.15, 0.2) is 6.10 Å². The fourth-order valence-corrected chi connectivity index (χ4v) is 7.66. The lowest BCUT2D eigenvalue weighted by molar-refractivity contribution is -0.163. The third kappa shape index (κ3) is 48.8. The van der Waals surface area contributed by atoms with E-state index in [1.54, 1.807) is 0 Å². The van der Waals surface area contributed by atoms with Crippen molar-refractivity contribution >= 4 is 11.9 Å². The summed E-state index contributed by atoms with van der Waals surface area (Å²) in [5, 5.41) is 0. The number of allylic oxidation sites excluding steroid dienone is 6. The van der Waals surface area contributed by atoms with Crippen LogP contribution in [-0.4, -0.2) is 37.9 Å². The minimum absolute atomic E-state index is 0.0814. The van der Waals surface area contributed by atoms with Gasteiger partial charge in [-0.15, -0.1) is 0 Å². The molecule has 0 saturated carbocycles. The maximum atomic E-state index is 12.8. The molecule has 5 nitrogen and oxygen atoms in total. The Morgan fingerprint density at radius 3 is 1.18 bits per heavy atom. The van der Waals surface area contributed by atoms with E-state index in [1.165, 1.54) is 186 Å². The number of carbonyl (C=O) groups is 2. The largest absolute Gasteiger partial charge is 0.462 e. The van der Waals surface area contributed by atoms with Crippen molar-refractivity contribution in [2.75, 3.05) is 19.8 Å². The number of rotatable bonds is 49. The molecule has 0 aromatic carbocycles. The number of carbonyl (C=O) groups excluding carboxylic acids is 2. The average molecular weight is 843 g/mol. The van der Waals surface area contributed by atoms with Gasteiger partial charge in [0, 0.05) is 19.4 Å². The number of unbranched alkanes of at least 4 members (excludes halogenated alkanes) is 32. The van der Waals surface area contributed by atoms with Crippen molar-refractivity contribution in [1.82, 2.24) is 0 Å². The van der Waals surface area contributed by atoms with E-state index in [2.05, 4.69) is 57.2 Å². The Hall–Kier alpha value is -1.88. The quantitative estimate of drug-likeness (QED) is 0.0347. The van der Waals surface area contributed by atoms with Crippen LogP contribution in [0.2, 0.25) is 0 Å². The summed E-state index contributed by atoms with van der Waals surface area (Å²) in [5.41, 5.74) is 0. The molecule has 5 heteroatoms. The molecular weight excluding hydrogens is 741 g/mol. The number of ether oxygens (including phenoxy) is 3. The zero-order chi connectivity index (χ0) is 43.5. The first kappa shape index (κ1) is 58.1. The first-order chi connectivity index (χ1) is 29.6. The minimum atomic E-state index is -0.538. The molecule has 0 heterocycles. The fourth-order valence-electron chi connectivity index (χ4n) is 7.66. The van der Waals surface area contributed by atoms with Gasteiger partial charge in [-0.05, 0) is 70.6 Å². The zero-order valence-electron chi connectivity index (χ0n) is 40.5. The van der Waals surface area contributed by atoms with Gasteiger partial charge in [0.05, 0.1) is 6.61 Å². The summed E-state index contributed by atoms with van der Waals surface area (Å²) >= 11 is 0. The molecule has 0 rings (SSSR count). The van der Waals surface area contributed by atoms with E-state index in [9.17, 15) is 9.59 Å². The molecule has 0 fully saturated rings. The highest BCUT2D eigenvalue weighted by atomic mass is 16.6. The molecule has 0 aliphatic carbocycles. The number of esters is 2. The predicted octanol–water partition coefficient (Wildman–Crippen LogP) is 17.8. The van der Waals surface area contributed by atoms with Gasteiger partial charge >= 0.3 is 11.9 Å². The Morgan fingerprint density at radius 2 is 0.733 bits per heavy atom. The third-order valence-corrected chi connectivity index (χ3v) is 11.6. The van der Waals surface area contributed by atoms with Gasteiger partial charge in [-0.3, -0.25) is 9.59 Å². The summed E-state index contributed by atoms with van der Waals surface area (Å²) < 4.78 is 17.4. The second kappa shape index (κ2) is 51.5. The van der Waals surface area contributed by atoms with Crippen LogP contribution in [0, 0.1) is 0 Å². The van der Waals surface area contributed by atoms with Gasteiger partial charge < -0.3 is 14.2 Å². The van der Waals surface area contributed by atoms with Crippen LogP contribution in [0.25, 0.3) is 0 Å². The second-order valence-corrected chi connectivity index (χ2v) is 17.8. The summed E-state index contributed by atoms with van der Waals surface area (Å²) in [5.74, 6) is -0.402. The van der Waals surface area contributed by atoms with Crippen molar-refractivity contribution in [3.05, 3.63) is 36.5 Å². The lowest BCUT2D eigenvalue weighted by Crippen LogP contribution is -2.30. The average Bonchev–Trinajstić information content (AvgIpc) is 3.25. The molecule has 0 aliphatic heterocycles. The first-order valence-corrected chi connectivity index (χ1v) is 26.5. The molecular formula is C55H102O5. The Morgan fingerprint density at radius 1 is 0.367 bits per heavy atom. The van der Waals surface area contributed by atoms with Crippen molar-refractivity contribution in [3.63, 3.8) is 0 Å². The van der Waals surface area contributed by atoms with E-state index >= 15 is 0 Å². The summed E-state index contributed by atoms with van der Waals surface area (Å²) in [6.07, 6.45) is 61.5. The molecule has 352 valence electrons. The topological polar surface area (TPSA) is 61.8 Å². The van der Waals surface area contributed by atoms with E-state index < -0.39 is 6.10 Å². The van der Waals surface area contributed by atoms with Gasteiger partial charge in [-0.1, -0.05) is 231 Å². The van der Waals surface area contributed by atoms with Gasteiger partial charge in [-0.2, -0.15) is 0 Å². The highest BCUT2D eigenvalue weighted by Gasteiger charge is 2.17. The minimum Gasteiger partial charge on any atom is -0.462 e. The Bertz CT molecular complexity index is 955. The SMILES string of the molecule is CCC/C=C\C/C=C\CCCCCCCC(=O)OCC(COCCCCCCCCCC/C=C\CCCCCCCC)OC(=O)CCCCCCCCCCCCCCC. The fraction of sp³-hybridized carbons (Fsp3) is 0.855. The Kier molecular flexibility index (Phi) is 49.9.